The summed E-state index contributed by atoms with van der Waals surface area (Å²) >= 11 is 0. The van der Waals surface area contributed by atoms with E-state index in [2.05, 4.69) is 39.8 Å². The van der Waals surface area contributed by atoms with Crippen LogP contribution in [0.2, 0.25) is 0 Å². The summed E-state index contributed by atoms with van der Waals surface area (Å²) in [5.74, 6) is -0.240. The van der Waals surface area contributed by atoms with E-state index in [0.29, 0.717) is 0 Å². The first kappa shape index (κ1) is 20.9. The van der Waals surface area contributed by atoms with Crippen LogP contribution >= 0.6 is 0 Å². The Morgan fingerprint density at radius 1 is 1.27 bits per heavy atom. The molecule has 1 aliphatic heterocycles. The van der Waals surface area contributed by atoms with Gasteiger partial charge in [0.2, 0.25) is 0 Å². The molecule has 1 fully saturated rings. The molecule has 26 heavy (non-hydrogen) atoms. The molecule has 0 amide bonds. The molecule has 2 aliphatic rings. The van der Waals surface area contributed by atoms with Crippen LogP contribution in [0, 0.1) is 5.92 Å². The number of carbonyl (C=O) groups is 1. The molecule has 4 atom stereocenters. The third kappa shape index (κ3) is 5.08. The Balaban J connectivity index is 2.40. The highest BCUT2D eigenvalue weighted by Crippen LogP contribution is 2.45. The standard InChI is InChI=1S/C22H34O4/c1-14(2)18-12-10-15(3)8-7-9-16(4)11-13-19-22(6,26-19)21(24)20(18)25-17(5)23/h9-10,12,14,19-21,24H,7-8,11,13H2,1-6H3/b15-10+,16-9+,18-12-. The van der Waals surface area contributed by atoms with E-state index in [0.717, 1.165) is 31.3 Å². The van der Waals surface area contributed by atoms with Crippen LogP contribution in [0.15, 0.2) is 34.9 Å². The fourth-order valence-electron chi connectivity index (χ4n) is 3.62. The zero-order chi connectivity index (χ0) is 19.5. The molecule has 1 aliphatic carbocycles. The molecule has 0 aromatic carbocycles. The van der Waals surface area contributed by atoms with Gasteiger partial charge in [0, 0.05) is 6.92 Å². The lowest BCUT2D eigenvalue weighted by Gasteiger charge is -2.30. The average molecular weight is 363 g/mol. The summed E-state index contributed by atoms with van der Waals surface area (Å²) in [6.45, 7) is 11.7. The number of aliphatic hydroxyl groups excluding tert-OH is 1. The summed E-state index contributed by atoms with van der Waals surface area (Å²) in [6, 6.07) is 0. The van der Waals surface area contributed by atoms with Crippen molar-refractivity contribution in [1.29, 1.82) is 0 Å². The molecule has 0 spiro atoms. The minimum atomic E-state index is -0.883. The second kappa shape index (κ2) is 8.53. The average Bonchev–Trinajstić information content (AvgIpc) is 3.22. The molecule has 0 bridgehead atoms. The smallest absolute Gasteiger partial charge is 0.303 e. The molecule has 0 radical (unpaired) electrons. The molecule has 1 N–H and O–H groups in total. The predicted octanol–water partition coefficient (Wildman–Crippen LogP) is 4.49. The highest BCUT2D eigenvalue weighted by molar-refractivity contribution is 5.66. The summed E-state index contributed by atoms with van der Waals surface area (Å²) < 4.78 is 11.5. The van der Waals surface area contributed by atoms with Crippen molar-refractivity contribution in [2.24, 2.45) is 5.92 Å². The number of carbonyl (C=O) groups excluding carboxylic acids is 1. The van der Waals surface area contributed by atoms with E-state index in [1.54, 1.807) is 0 Å². The number of rotatable bonds is 2. The van der Waals surface area contributed by atoms with Gasteiger partial charge in [-0.25, -0.2) is 0 Å². The van der Waals surface area contributed by atoms with E-state index in [-0.39, 0.29) is 18.0 Å². The Morgan fingerprint density at radius 2 is 1.96 bits per heavy atom. The van der Waals surface area contributed by atoms with Gasteiger partial charge in [-0.3, -0.25) is 4.79 Å². The van der Waals surface area contributed by atoms with Crippen LogP contribution in [0.4, 0.5) is 0 Å². The minimum absolute atomic E-state index is 0.00691. The summed E-state index contributed by atoms with van der Waals surface area (Å²) in [4.78, 5) is 11.7. The summed E-state index contributed by atoms with van der Waals surface area (Å²) in [5, 5.41) is 11.1. The van der Waals surface area contributed by atoms with Crippen molar-refractivity contribution in [2.75, 3.05) is 0 Å². The normalized spacial score (nSPS) is 39.4. The van der Waals surface area contributed by atoms with E-state index in [9.17, 15) is 9.90 Å². The number of hydrogen-bond acceptors (Lipinski definition) is 4. The van der Waals surface area contributed by atoms with Crippen molar-refractivity contribution in [1.82, 2.24) is 0 Å². The molecule has 2 rings (SSSR count). The van der Waals surface area contributed by atoms with Crippen LogP contribution in [-0.4, -0.2) is 35.0 Å². The number of hydrogen-bond donors (Lipinski definition) is 1. The van der Waals surface area contributed by atoms with Crippen LogP contribution in [0.25, 0.3) is 0 Å². The fraction of sp³-hybridized carbons (Fsp3) is 0.682. The number of esters is 1. The lowest BCUT2D eigenvalue weighted by atomic mass is 9.85. The lowest BCUT2D eigenvalue weighted by molar-refractivity contribution is -0.152. The third-order valence-electron chi connectivity index (χ3n) is 5.53. The van der Waals surface area contributed by atoms with E-state index < -0.39 is 17.8 Å². The molecule has 1 saturated heterocycles. The number of ether oxygens (including phenoxy) is 2. The first-order valence-corrected chi connectivity index (χ1v) is 9.71. The Labute approximate surface area is 158 Å². The fourth-order valence-corrected chi connectivity index (χ4v) is 3.62. The largest absolute Gasteiger partial charge is 0.455 e. The van der Waals surface area contributed by atoms with Gasteiger partial charge in [-0.15, -0.1) is 0 Å². The predicted molar refractivity (Wildman–Crippen MR) is 104 cm³/mol. The maximum absolute atomic E-state index is 11.7. The van der Waals surface area contributed by atoms with Crippen molar-refractivity contribution in [3.63, 3.8) is 0 Å². The van der Waals surface area contributed by atoms with Gasteiger partial charge in [-0.1, -0.05) is 43.2 Å². The molecule has 1 heterocycles. The van der Waals surface area contributed by atoms with Gasteiger partial charge in [-0.2, -0.15) is 0 Å². The van der Waals surface area contributed by atoms with E-state index in [1.165, 1.54) is 18.1 Å². The van der Waals surface area contributed by atoms with Crippen molar-refractivity contribution in [3.05, 3.63) is 34.9 Å². The Morgan fingerprint density at radius 3 is 2.58 bits per heavy atom. The summed E-state index contributed by atoms with van der Waals surface area (Å²) in [5.41, 5.74) is 2.88. The Bertz CT molecular complexity index is 614. The highest BCUT2D eigenvalue weighted by Gasteiger charge is 2.60. The van der Waals surface area contributed by atoms with E-state index >= 15 is 0 Å². The van der Waals surface area contributed by atoms with E-state index in [4.69, 9.17) is 9.47 Å². The van der Waals surface area contributed by atoms with Crippen LogP contribution < -0.4 is 0 Å². The first-order valence-electron chi connectivity index (χ1n) is 9.71. The van der Waals surface area contributed by atoms with Crippen molar-refractivity contribution in [3.8, 4) is 0 Å². The zero-order valence-electron chi connectivity index (χ0n) is 17.0. The topological polar surface area (TPSA) is 59.1 Å². The lowest BCUT2D eigenvalue weighted by Crippen LogP contribution is -2.44. The molecule has 0 aromatic heterocycles. The molecule has 4 unspecified atom stereocenters. The van der Waals surface area contributed by atoms with Gasteiger partial charge < -0.3 is 14.6 Å². The number of epoxide rings is 1. The molecule has 0 aromatic rings. The van der Waals surface area contributed by atoms with Gasteiger partial charge in [0.15, 0.2) is 6.10 Å². The zero-order valence-corrected chi connectivity index (χ0v) is 17.0. The molecule has 146 valence electrons. The van der Waals surface area contributed by atoms with Gasteiger partial charge in [0.1, 0.15) is 11.7 Å². The Hall–Kier alpha value is -1.39. The van der Waals surface area contributed by atoms with Gasteiger partial charge in [0.25, 0.3) is 0 Å². The van der Waals surface area contributed by atoms with Crippen LogP contribution in [0.5, 0.6) is 0 Å². The first-order chi connectivity index (χ1) is 12.1. The molecular formula is C22H34O4. The van der Waals surface area contributed by atoms with E-state index in [1.807, 2.05) is 13.0 Å². The van der Waals surface area contributed by atoms with Gasteiger partial charge in [-0.05, 0) is 57.9 Å². The maximum atomic E-state index is 11.7. The highest BCUT2D eigenvalue weighted by atomic mass is 16.6. The van der Waals surface area contributed by atoms with Crippen LogP contribution in [0.3, 0.4) is 0 Å². The molecule has 4 nitrogen and oxygen atoms in total. The molecular weight excluding hydrogens is 328 g/mol. The minimum Gasteiger partial charge on any atom is -0.455 e. The SMILES string of the molecule is CC(=O)OC1/C(C(C)C)=C\C=C(/C)CC/C=C(\C)CCC2OC2(C)C1O. The monoisotopic (exact) mass is 362 g/mol. The number of aliphatic hydroxyl groups is 1. The van der Waals surface area contributed by atoms with Crippen LogP contribution in [-0.2, 0) is 14.3 Å². The van der Waals surface area contributed by atoms with Crippen LogP contribution in [0.1, 0.15) is 67.2 Å². The number of allylic oxidation sites excluding steroid dienone is 5. The van der Waals surface area contributed by atoms with Gasteiger partial charge >= 0.3 is 5.97 Å². The molecule has 4 heteroatoms. The maximum Gasteiger partial charge on any atom is 0.303 e. The van der Waals surface area contributed by atoms with Gasteiger partial charge in [0.05, 0.1) is 6.10 Å². The van der Waals surface area contributed by atoms with Crippen molar-refractivity contribution in [2.45, 2.75) is 91.1 Å². The third-order valence-corrected chi connectivity index (χ3v) is 5.53. The second-order valence-electron chi connectivity index (χ2n) is 8.23. The second-order valence-corrected chi connectivity index (χ2v) is 8.23. The van der Waals surface area contributed by atoms with Crippen molar-refractivity contribution < 1.29 is 19.4 Å². The summed E-state index contributed by atoms with van der Waals surface area (Å²) in [7, 11) is 0. The molecule has 0 saturated carbocycles. The quantitative estimate of drug-likeness (QED) is 0.447. The number of fused-ring (bicyclic) bond motifs is 1. The summed E-state index contributed by atoms with van der Waals surface area (Å²) in [6.07, 6.45) is 8.67. The van der Waals surface area contributed by atoms with Crippen molar-refractivity contribution >= 4 is 5.97 Å². The Kier molecular flexibility index (Phi) is 6.86.